The molecule has 0 radical (unpaired) electrons. The van der Waals surface area contributed by atoms with Gasteiger partial charge in [0.25, 0.3) is 0 Å². The second-order valence-corrected chi connectivity index (χ2v) is 5.62. The first-order valence-electron chi connectivity index (χ1n) is 5.04. The van der Waals surface area contributed by atoms with Crippen LogP contribution in [-0.2, 0) is 0 Å². The van der Waals surface area contributed by atoms with Gasteiger partial charge in [0, 0.05) is 9.30 Å². The van der Waals surface area contributed by atoms with Crippen molar-refractivity contribution in [1.82, 2.24) is 0 Å². The van der Waals surface area contributed by atoms with Crippen molar-refractivity contribution in [3.63, 3.8) is 0 Å². The summed E-state index contributed by atoms with van der Waals surface area (Å²) >= 11 is 7.21. The Balaban J connectivity index is 2.68. The van der Waals surface area contributed by atoms with E-state index in [0.29, 0.717) is 10.7 Å². The molecule has 78 valence electrons. The number of benzene rings is 1. The molecule has 0 bridgehead atoms. The third kappa shape index (κ3) is 3.39. The van der Waals surface area contributed by atoms with Crippen molar-refractivity contribution in [3.05, 3.63) is 34.3 Å². The first kappa shape index (κ1) is 12.3. The Morgan fingerprint density at radius 3 is 2.29 bits per heavy atom. The van der Waals surface area contributed by atoms with Gasteiger partial charge in [-0.1, -0.05) is 64.3 Å². The van der Waals surface area contributed by atoms with Crippen LogP contribution in [0.25, 0.3) is 0 Å². The molecule has 0 amide bonds. The summed E-state index contributed by atoms with van der Waals surface area (Å²) in [4.78, 5) is 0.482. The molecule has 0 nitrogen and oxygen atoms in total. The molecule has 2 atom stereocenters. The number of hydrogen-bond donors (Lipinski definition) is 0. The Labute approximate surface area is 103 Å². The minimum absolute atomic E-state index is 0.482. The normalized spacial score (nSPS) is 15.1. The average Bonchev–Trinajstić information content (AvgIpc) is 2.18. The second kappa shape index (κ2) is 5.92. The Hall–Kier alpha value is 0.180. The average molecular weight is 320 g/mol. The molecule has 0 saturated heterocycles. The highest BCUT2D eigenvalue weighted by atomic mass is 79.9. The number of alkyl halides is 1. The SMILES string of the molecule is CCCC(C)C(Br)c1ccc(Br)cc1. The third-order valence-corrected chi connectivity index (χ3v) is 4.39. The molecule has 0 fully saturated rings. The van der Waals surface area contributed by atoms with Gasteiger partial charge in [0.05, 0.1) is 0 Å². The zero-order valence-corrected chi connectivity index (χ0v) is 11.8. The van der Waals surface area contributed by atoms with Crippen molar-refractivity contribution in [1.29, 1.82) is 0 Å². The van der Waals surface area contributed by atoms with Crippen molar-refractivity contribution in [2.24, 2.45) is 5.92 Å². The fourth-order valence-electron chi connectivity index (χ4n) is 1.58. The van der Waals surface area contributed by atoms with Gasteiger partial charge in [-0.15, -0.1) is 0 Å². The molecule has 0 heterocycles. The topological polar surface area (TPSA) is 0 Å². The van der Waals surface area contributed by atoms with E-state index in [1.807, 2.05) is 0 Å². The van der Waals surface area contributed by atoms with E-state index >= 15 is 0 Å². The Morgan fingerprint density at radius 1 is 1.21 bits per heavy atom. The predicted molar refractivity (Wildman–Crippen MR) is 69.9 cm³/mol. The van der Waals surface area contributed by atoms with E-state index in [9.17, 15) is 0 Å². The summed E-state index contributed by atoms with van der Waals surface area (Å²) in [6.07, 6.45) is 2.52. The van der Waals surface area contributed by atoms with Crippen LogP contribution in [0.5, 0.6) is 0 Å². The van der Waals surface area contributed by atoms with E-state index in [-0.39, 0.29) is 0 Å². The summed E-state index contributed by atoms with van der Waals surface area (Å²) in [5.41, 5.74) is 1.37. The fraction of sp³-hybridized carbons (Fsp3) is 0.500. The van der Waals surface area contributed by atoms with Crippen LogP contribution in [0.2, 0.25) is 0 Å². The van der Waals surface area contributed by atoms with Gasteiger partial charge in [-0.3, -0.25) is 0 Å². The first-order chi connectivity index (χ1) is 6.65. The summed E-state index contributed by atoms with van der Waals surface area (Å²) in [6.45, 7) is 4.53. The van der Waals surface area contributed by atoms with Crippen LogP contribution in [0.4, 0.5) is 0 Å². The van der Waals surface area contributed by atoms with Gasteiger partial charge < -0.3 is 0 Å². The molecule has 14 heavy (non-hydrogen) atoms. The molecule has 0 N–H and O–H groups in total. The molecule has 2 heteroatoms. The highest BCUT2D eigenvalue weighted by Gasteiger charge is 2.14. The maximum absolute atomic E-state index is 3.76. The van der Waals surface area contributed by atoms with Crippen LogP contribution in [0.3, 0.4) is 0 Å². The van der Waals surface area contributed by atoms with Crippen molar-refractivity contribution in [2.45, 2.75) is 31.5 Å². The molecule has 2 unspecified atom stereocenters. The molecule has 0 aromatic heterocycles. The Kier molecular flexibility index (Phi) is 5.18. The lowest BCUT2D eigenvalue weighted by Crippen LogP contribution is -2.02. The number of hydrogen-bond acceptors (Lipinski definition) is 0. The lowest BCUT2D eigenvalue weighted by Gasteiger charge is -2.17. The smallest absolute Gasteiger partial charge is 0.0420 e. The maximum Gasteiger partial charge on any atom is 0.0420 e. The highest BCUT2D eigenvalue weighted by molar-refractivity contribution is 9.10. The van der Waals surface area contributed by atoms with Crippen LogP contribution < -0.4 is 0 Å². The molecule has 0 spiro atoms. The Morgan fingerprint density at radius 2 is 1.79 bits per heavy atom. The largest absolute Gasteiger partial charge is 0.0836 e. The van der Waals surface area contributed by atoms with Gasteiger partial charge in [-0.25, -0.2) is 0 Å². The zero-order chi connectivity index (χ0) is 10.6. The van der Waals surface area contributed by atoms with Gasteiger partial charge >= 0.3 is 0 Å². The summed E-state index contributed by atoms with van der Waals surface area (Å²) in [5.74, 6) is 0.696. The minimum atomic E-state index is 0.482. The molecule has 1 aromatic rings. The number of halogens is 2. The van der Waals surface area contributed by atoms with Crippen molar-refractivity contribution in [2.75, 3.05) is 0 Å². The van der Waals surface area contributed by atoms with E-state index in [0.717, 1.165) is 4.47 Å². The molecule has 0 saturated carbocycles. The lowest BCUT2D eigenvalue weighted by atomic mass is 9.97. The first-order valence-corrected chi connectivity index (χ1v) is 6.75. The summed E-state index contributed by atoms with van der Waals surface area (Å²) in [5, 5.41) is 0. The van der Waals surface area contributed by atoms with Crippen LogP contribution in [0.15, 0.2) is 28.7 Å². The maximum atomic E-state index is 3.76. The minimum Gasteiger partial charge on any atom is -0.0836 e. The van der Waals surface area contributed by atoms with Crippen LogP contribution in [0.1, 0.15) is 37.1 Å². The van der Waals surface area contributed by atoms with E-state index in [2.05, 4.69) is 70.0 Å². The van der Waals surface area contributed by atoms with E-state index in [4.69, 9.17) is 0 Å². The van der Waals surface area contributed by atoms with Crippen molar-refractivity contribution >= 4 is 31.9 Å². The zero-order valence-electron chi connectivity index (χ0n) is 8.63. The molecular weight excluding hydrogens is 304 g/mol. The molecule has 1 aromatic carbocycles. The third-order valence-electron chi connectivity index (χ3n) is 2.43. The van der Waals surface area contributed by atoms with Gasteiger partial charge in [-0.05, 0) is 30.0 Å². The molecular formula is C12H16Br2. The predicted octanol–water partition coefficient (Wildman–Crippen LogP) is 5.32. The van der Waals surface area contributed by atoms with Gasteiger partial charge in [0.1, 0.15) is 0 Å². The van der Waals surface area contributed by atoms with Crippen LogP contribution >= 0.6 is 31.9 Å². The monoisotopic (exact) mass is 318 g/mol. The lowest BCUT2D eigenvalue weighted by molar-refractivity contribution is 0.518. The van der Waals surface area contributed by atoms with Crippen molar-refractivity contribution in [3.8, 4) is 0 Å². The highest BCUT2D eigenvalue weighted by Crippen LogP contribution is 2.33. The van der Waals surface area contributed by atoms with Gasteiger partial charge in [0.15, 0.2) is 0 Å². The van der Waals surface area contributed by atoms with Gasteiger partial charge in [-0.2, -0.15) is 0 Å². The molecule has 0 aliphatic rings. The fourth-order valence-corrected chi connectivity index (χ4v) is 2.41. The Bertz CT molecular complexity index is 266. The van der Waals surface area contributed by atoms with Crippen LogP contribution in [-0.4, -0.2) is 0 Å². The summed E-state index contributed by atoms with van der Waals surface area (Å²) in [6, 6.07) is 8.55. The van der Waals surface area contributed by atoms with Crippen LogP contribution in [0, 0.1) is 5.92 Å². The van der Waals surface area contributed by atoms with E-state index in [1.54, 1.807) is 0 Å². The van der Waals surface area contributed by atoms with E-state index in [1.165, 1.54) is 18.4 Å². The van der Waals surface area contributed by atoms with Gasteiger partial charge in [0.2, 0.25) is 0 Å². The summed E-state index contributed by atoms with van der Waals surface area (Å²) < 4.78 is 1.14. The number of rotatable bonds is 4. The quantitative estimate of drug-likeness (QED) is 0.659. The molecule has 0 aliphatic carbocycles. The standard InChI is InChI=1S/C12H16Br2/c1-3-4-9(2)12(14)10-5-7-11(13)8-6-10/h5-9,12H,3-4H2,1-2H3. The molecule has 0 aliphatic heterocycles. The molecule has 1 rings (SSSR count). The summed E-state index contributed by atoms with van der Waals surface area (Å²) in [7, 11) is 0. The second-order valence-electron chi connectivity index (χ2n) is 3.72. The van der Waals surface area contributed by atoms with E-state index < -0.39 is 0 Å². The van der Waals surface area contributed by atoms with Crippen molar-refractivity contribution < 1.29 is 0 Å².